The summed E-state index contributed by atoms with van der Waals surface area (Å²) in [5.74, 6) is 0.790. The van der Waals surface area contributed by atoms with Crippen molar-refractivity contribution in [3.05, 3.63) is 0 Å². The molecule has 0 aliphatic heterocycles. The Hall–Kier alpha value is -1.59. The van der Waals surface area contributed by atoms with Gasteiger partial charge in [-0.2, -0.15) is 0 Å². The number of unbranched alkanes of at least 4 members (excludes halogenated alkanes) is 27. The van der Waals surface area contributed by atoms with Crippen LogP contribution < -0.4 is 0 Å². The predicted octanol–water partition coefficient (Wildman–Crippen LogP) is 15.0. The van der Waals surface area contributed by atoms with E-state index in [0.29, 0.717) is 19.3 Å². The van der Waals surface area contributed by atoms with Crippen LogP contribution in [0.3, 0.4) is 0 Å². The molecule has 54 heavy (non-hydrogen) atoms. The molecule has 0 amide bonds. The number of ether oxygens (including phenoxy) is 3. The first-order valence-electron chi connectivity index (χ1n) is 23.7. The van der Waals surface area contributed by atoms with E-state index in [2.05, 4.69) is 34.6 Å². The van der Waals surface area contributed by atoms with Gasteiger partial charge in [0.05, 0.1) is 0 Å². The van der Waals surface area contributed by atoms with Crippen LogP contribution in [0.2, 0.25) is 0 Å². The topological polar surface area (TPSA) is 78.9 Å². The highest BCUT2D eigenvalue weighted by Crippen LogP contribution is 2.17. The van der Waals surface area contributed by atoms with Gasteiger partial charge in [-0.15, -0.1) is 0 Å². The van der Waals surface area contributed by atoms with Crippen LogP contribution in [0.5, 0.6) is 0 Å². The lowest BCUT2D eigenvalue weighted by Gasteiger charge is -2.18. The second-order valence-corrected chi connectivity index (χ2v) is 17.3. The molecule has 0 aliphatic carbocycles. The SMILES string of the molecule is CCCCCCCC(=O)OC[C@@H](COC(=O)CCCCCCCCCCCCCCCCCCC(C)C)OC(=O)CCCCCCCCCCCC(C)C. The number of hydrogen-bond donors (Lipinski definition) is 0. The summed E-state index contributed by atoms with van der Waals surface area (Å²) in [4.78, 5) is 37.5. The first-order valence-corrected chi connectivity index (χ1v) is 23.7. The smallest absolute Gasteiger partial charge is 0.306 e. The lowest BCUT2D eigenvalue weighted by Crippen LogP contribution is -2.30. The summed E-state index contributed by atoms with van der Waals surface area (Å²) in [6, 6.07) is 0. The highest BCUT2D eigenvalue weighted by atomic mass is 16.6. The molecule has 0 heterocycles. The summed E-state index contributed by atoms with van der Waals surface area (Å²) in [7, 11) is 0. The minimum absolute atomic E-state index is 0.0655. The monoisotopic (exact) mass is 765 g/mol. The number of esters is 3. The van der Waals surface area contributed by atoms with Gasteiger partial charge in [-0.25, -0.2) is 0 Å². The van der Waals surface area contributed by atoms with Crippen molar-refractivity contribution < 1.29 is 28.6 Å². The molecule has 0 bridgehead atoms. The summed E-state index contributed by atoms with van der Waals surface area (Å²) in [5.41, 5.74) is 0. The second kappa shape index (κ2) is 41.1. The molecule has 6 heteroatoms. The molecule has 320 valence electrons. The number of rotatable bonds is 42. The van der Waals surface area contributed by atoms with Crippen molar-refractivity contribution in [3.63, 3.8) is 0 Å². The Morgan fingerprint density at radius 3 is 0.907 bits per heavy atom. The van der Waals surface area contributed by atoms with Crippen LogP contribution in [0.15, 0.2) is 0 Å². The van der Waals surface area contributed by atoms with E-state index in [1.807, 2.05) is 0 Å². The van der Waals surface area contributed by atoms with E-state index in [9.17, 15) is 14.4 Å². The molecule has 0 aromatic carbocycles. The van der Waals surface area contributed by atoms with Crippen LogP contribution in [0, 0.1) is 11.8 Å². The van der Waals surface area contributed by atoms with Crippen molar-refractivity contribution >= 4 is 17.9 Å². The minimum atomic E-state index is -0.759. The largest absolute Gasteiger partial charge is 0.462 e. The number of hydrogen-bond acceptors (Lipinski definition) is 6. The Morgan fingerprint density at radius 2 is 0.611 bits per heavy atom. The molecule has 0 aliphatic rings. The first-order chi connectivity index (χ1) is 26.2. The van der Waals surface area contributed by atoms with Crippen LogP contribution in [0.1, 0.15) is 259 Å². The Bertz CT molecular complexity index is 824. The zero-order valence-electron chi connectivity index (χ0n) is 36.8. The Morgan fingerprint density at radius 1 is 0.352 bits per heavy atom. The maximum Gasteiger partial charge on any atom is 0.306 e. The Balaban J connectivity index is 4.11. The summed E-state index contributed by atoms with van der Waals surface area (Å²) < 4.78 is 16.6. The van der Waals surface area contributed by atoms with E-state index in [-0.39, 0.29) is 31.1 Å². The van der Waals surface area contributed by atoms with Crippen LogP contribution in [-0.4, -0.2) is 37.2 Å². The number of carbonyl (C=O) groups is 3. The fraction of sp³-hybridized carbons (Fsp3) is 0.938. The molecule has 0 N–H and O–H groups in total. The van der Waals surface area contributed by atoms with Gasteiger partial charge in [0, 0.05) is 19.3 Å². The normalized spacial score (nSPS) is 12.1. The maximum absolute atomic E-state index is 12.7. The van der Waals surface area contributed by atoms with E-state index < -0.39 is 6.10 Å². The quantitative estimate of drug-likeness (QED) is 0.0350. The molecule has 0 aromatic rings. The lowest BCUT2D eigenvalue weighted by atomic mass is 10.0. The van der Waals surface area contributed by atoms with E-state index in [1.165, 1.54) is 141 Å². The highest BCUT2D eigenvalue weighted by Gasteiger charge is 2.19. The van der Waals surface area contributed by atoms with E-state index >= 15 is 0 Å². The molecule has 0 fully saturated rings. The van der Waals surface area contributed by atoms with Crippen molar-refractivity contribution in [2.75, 3.05) is 13.2 Å². The van der Waals surface area contributed by atoms with Gasteiger partial charge in [-0.1, -0.05) is 221 Å². The van der Waals surface area contributed by atoms with Crippen LogP contribution >= 0.6 is 0 Å². The zero-order chi connectivity index (χ0) is 39.7. The Labute approximate surface area is 336 Å². The molecule has 0 spiro atoms. The standard InChI is InChI=1S/C48H92O6/c1-6-7-8-26-33-38-46(49)52-41-45(54-48(51)40-35-30-25-21-17-19-23-28-32-37-44(4)5)42-53-47(50)39-34-29-24-20-16-14-12-10-9-11-13-15-18-22-27-31-36-43(2)3/h43-45H,6-42H2,1-5H3/t45-/m0/s1. The van der Waals surface area contributed by atoms with Gasteiger partial charge in [0.1, 0.15) is 13.2 Å². The lowest BCUT2D eigenvalue weighted by molar-refractivity contribution is -0.167. The Kier molecular flexibility index (Phi) is 39.8. The molecule has 0 rings (SSSR count). The average Bonchev–Trinajstić information content (AvgIpc) is 3.14. The molecule has 0 aromatic heterocycles. The van der Waals surface area contributed by atoms with Gasteiger partial charge in [0.2, 0.25) is 0 Å². The third-order valence-corrected chi connectivity index (χ3v) is 10.7. The van der Waals surface area contributed by atoms with Gasteiger partial charge in [-0.05, 0) is 31.1 Å². The van der Waals surface area contributed by atoms with Crippen LogP contribution in [-0.2, 0) is 28.6 Å². The number of carbonyl (C=O) groups excluding carboxylic acids is 3. The van der Waals surface area contributed by atoms with Crippen LogP contribution in [0.25, 0.3) is 0 Å². The fourth-order valence-electron chi connectivity index (χ4n) is 7.11. The molecule has 0 saturated heterocycles. The summed E-state index contributed by atoms with van der Waals surface area (Å²) in [5, 5.41) is 0. The predicted molar refractivity (Wildman–Crippen MR) is 229 cm³/mol. The second-order valence-electron chi connectivity index (χ2n) is 17.3. The fourth-order valence-corrected chi connectivity index (χ4v) is 7.11. The first kappa shape index (κ1) is 52.4. The van der Waals surface area contributed by atoms with E-state index in [1.54, 1.807) is 0 Å². The van der Waals surface area contributed by atoms with Crippen molar-refractivity contribution in [2.45, 2.75) is 265 Å². The minimum Gasteiger partial charge on any atom is -0.462 e. The van der Waals surface area contributed by atoms with Gasteiger partial charge < -0.3 is 14.2 Å². The van der Waals surface area contributed by atoms with Crippen molar-refractivity contribution in [1.82, 2.24) is 0 Å². The summed E-state index contributed by atoms with van der Waals surface area (Å²) in [6.45, 7) is 11.3. The molecule has 0 saturated carbocycles. The zero-order valence-corrected chi connectivity index (χ0v) is 36.8. The van der Waals surface area contributed by atoms with Crippen molar-refractivity contribution in [1.29, 1.82) is 0 Å². The summed E-state index contributed by atoms with van der Waals surface area (Å²) in [6.07, 6.45) is 39.8. The molecular formula is C48H92O6. The van der Waals surface area contributed by atoms with Gasteiger partial charge in [0.25, 0.3) is 0 Å². The molecule has 0 unspecified atom stereocenters. The third kappa shape index (κ3) is 41.6. The molecule has 0 radical (unpaired) electrons. The van der Waals surface area contributed by atoms with Crippen molar-refractivity contribution in [3.8, 4) is 0 Å². The molecular weight excluding hydrogens is 673 g/mol. The highest BCUT2D eigenvalue weighted by molar-refractivity contribution is 5.71. The van der Waals surface area contributed by atoms with Gasteiger partial charge in [-0.3, -0.25) is 14.4 Å². The van der Waals surface area contributed by atoms with Crippen molar-refractivity contribution in [2.24, 2.45) is 11.8 Å². The molecule has 6 nitrogen and oxygen atoms in total. The van der Waals surface area contributed by atoms with Gasteiger partial charge in [0.15, 0.2) is 6.10 Å². The average molecular weight is 765 g/mol. The van der Waals surface area contributed by atoms with Crippen LogP contribution in [0.4, 0.5) is 0 Å². The summed E-state index contributed by atoms with van der Waals surface area (Å²) >= 11 is 0. The maximum atomic E-state index is 12.7. The van der Waals surface area contributed by atoms with E-state index in [0.717, 1.165) is 76.0 Å². The van der Waals surface area contributed by atoms with E-state index in [4.69, 9.17) is 14.2 Å². The molecule has 1 atom stereocenters. The third-order valence-electron chi connectivity index (χ3n) is 10.7. The van der Waals surface area contributed by atoms with Gasteiger partial charge >= 0.3 is 17.9 Å².